The molecular weight excluding hydrogens is 560 g/mol. The van der Waals surface area contributed by atoms with Crippen LogP contribution in [0.2, 0.25) is 0 Å². The molecule has 3 fully saturated rings. The van der Waals surface area contributed by atoms with Gasteiger partial charge in [0.2, 0.25) is 32.7 Å². The van der Waals surface area contributed by atoms with Gasteiger partial charge >= 0.3 is 12.1 Å². The van der Waals surface area contributed by atoms with E-state index in [2.05, 4.69) is 10.6 Å². The average Bonchev–Trinajstić information content (AvgIpc) is 3.50. The van der Waals surface area contributed by atoms with E-state index in [1.54, 1.807) is 5.32 Å². The van der Waals surface area contributed by atoms with E-state index < -0.39 is 68.4 Å². The highest BCUT2D eigenvalue weighted by molar-refractivity contribution is 7.94. The average molecular weight is 597 g/mol. The number of likely N-dealkylation sites (tertiary alicyclic amines) is 1. The van der Waals surface area contributed by atoms with Gasteiger partial charge in [-0.25, -0.2) is 8.42 Å². The number of rotatable bonds is 8. The zero-order valence-corrected chi connectivity index (χ0v) is 23.6. The number of sulfone groups is 1. The minimum atomic E-state index is -5.22. The second-order valence-corrected chi connectivity index (χ2v) is 13.9. The van der Waals surface area contributed by atoms with Crippen LogP contribution in [-0.4, -0.2) is 80.6 Å². The lowest BCUT2D eigenvalue weighted by molar-refractivity contribution is -0.176. The molecule has 2 saturated heterocycles. The Bertz CT molecular complexity index is 1170. The van der Waals surface area contributed by atoms with Gasteiger partial charge < -0.3 is 20.9 Å². The summed E-state index contributed by atoms with van der Waals surface area (Å²) >= 11 is 0. The Hall–Kier alpha value is -2.71. The maximum atomic E-state index is 14.5. The van der Waals surface area contributed by atoms with Crippen molar-refractivity contribution in [3.05, 3.63) is 11.2 Å². The number of hydrogen-bond acceptors (Lipinski definition) is 6. The minimum absolute atomic E-state index is 0.0826. The van der Waals surface area contributed by atoms with E-state index in [1.807, 2.05) is 0 Å². The molecule has 3 rings (SSSR count). The third-order valence-electron chi connectivity index (χ3n) is 7.80. The molecular formula is C25H36F4N4O6S. The standard InChI is InChI=1S/C25H36F4N4O6S/c1-24(2,3)19(32-23(37)25(27,28)29)22(36)33-12-14-6-5-7-16(14)18(33)21(35)31-15(11-17(26)40(4,38)39)10-13-8-9-30-20(13)34/h11,13-16,18-19H,5-10,12H2,1-4H3,(H,30,34)(H,31,35)(H,32,37)/b17-11+/t13-,14-,15-,16-,18+,19-/m0/s1. The maximum Gasteiger partial charge on any atom is 0.471 e. The Morgan fingerprint density at radius 3 is 2.30 bits per heavy atom. The summed E-state index contributed by atoms with van der Waals surface area (Å²) < 4.78 is 77.1. The minimum Gasteiger partial charge on any atom is -0.356 e. The third kappa shape index (κ3) is 7.32. The molecule has 40 heavy (non-hydrogen) atoms. The molecule has 1 saturated carbocycles. The molecule has 3 N–H and O–H groups in total. The molecule has 0 spiro atoms. The van der Waals surface area contributed by atoms with Gasteiger partial charge in [-0.2, -0.15) is 17.6 Å². The van der Waals surface area contributed by atoms with Gasteiger partial charge in [-0.05, 0) is 49.0 Å². The van der Waals surface area contributed by atoms with Crippen LogP contribution >= 0.6 is 0 Å². The van der Waals surface area contributed by atoms with Crippen molar-refractivity contribution in [3.63, 3.8) is 0 Å². The van der Waals surface area contributed by atoms with Crippen molar-refractivity contribution in [2.24, 2.45) is 23.2 Å². The number of carbonyl (C=O) groups is 4. The normalized spacial score (nSPS) is 27.1. The van der Waals surface area contributed by atoms with E-state index in [0.717, 1.165) is 6.42 Å². The van der Waals surface area contributed by atoms with Crippen molar-refractivity contribution in [2.75, 3.05) is 19.3 Å². The number of carbonyl (C=O) groups excluding carboxylic acids is 4. The van der Waals surface area contributed by atoms with Gasteiger partial charge in [-0.1, -0.05) is 27.2 Å². The fourth-order valence-corrected chi connectivity index (χ4v) is 6.20. The van der Waals surface area contributed by atoms with E-state index >= 15 is 0 Å². The van der Waals surface area contributed by atoms with Gasteiger partial charge in [0.15, 0.2) is 0 Å². The number of nitrogens with zero attached hydrogens (tertiary/aromatic N) is 1. The van der Waals surface area contributed by atoms with Crippen molar-refractivity contribution < 1.29 is 45.2 Å². The van der Waals surface area contributed by atoms with Crippen LogP contribution in [0, 0.1) is 23.2 Å². The van der Waals surface area contributed by atoms with Gasteiger partial charge in [0.05, 0.1) is 6.04 Å². The van der Waals surface area contributed by atoms with E-state index in [0.29, 0.717) is 38.1 Å². The molecule has 4 amide bonds. The van der Waals surface area contributed by atoms with E-state index in [-0.39, 0.29) is 30.7 Å². The Morgan fingerprint density at radius 2 is 1.77 bits per heavy atom. The molecule has 10 nitrogen and oxygen atoms in total. The zero-order valence-electron chi connectivity index (χ0n) is 22.8. The van der Waals surface area contributed by atoms with Crippen LogP contribution in [0.25, 0.3) is 0 Å². The second kappa shape index (κ2) is 11.6. The van der Waals surface area contributed by atoms with Crippen molar-refractivity contribution in [1.29, 1.82) is 0 Å². The Balaban J connectivity index is 1.91. The molecule has 2 aliphatic heterocycles. The first kappa shape index (κ1) is 31.8. The summed E-state index contributed by atoms with van der Waals surface area (Å²) in [4.78, 5) is 52.4. The van der Waals surface area contributed by atoms with Crippen molar-refractivity contribution in [3.8, 4) is 0 Å². The SMILES string of the molecule is CC(C)(C)[C@@H](NC(=O)C(F)(F)F)C(=O)N1C[C@@H]2CCC[C@@H]2[C@@H]1C(=O)N[C@H](/C=C(\F)S(C)(=O)=O)C[C@@H]1CCNC1=O. The molecule has 0 aromatic carbocycles. The zero-order chi connectivity index (χ0) is 30.2. The number of fused-ring (bicyclic) bond motifs is 1. The Kier molecular flexibility index (Phi) is 9.26. The van der Waals surface area contributed by atoms with Crippen molar-refractivity contribution >= 4 is 33.5 Å². The molecule has 6 atom stereocenters. The van der Waals surface area contributed by atoms with E-state index in [4.69, 9.17) is 0 Å². The summed E-state index contributed by atoms with van der Waals surface area (Å²) in [5, 5.41) is 5.50. The van der Waals surface area contributed by atoms with E-state index in [9.17, 15) is 45.2 Å². The molecule has 0 unspecified atom stereocenters. The van der Waals surface area contributed by atoms with Gasteiger partial charge in [0.1, 0.15) is 12.1 Å². The van der Waals surface area contributed by atoms with Crippen LogP contribution in [0.3, 0.4) is 0 Å². The fraction of sp³-hybridized carbons (Fsp3) is 0.760. The highest BCUT2D eigenvalue weighted by Crippen LogP contribution is 2.43. The van der Waals surface area contributed by atoms with Gasteiger partial charge in [-0.3, -0.25) is 19.2 Å². The van der Waals surface area contributed by atoms with E-state index in [1.165, 1.54) is 25.7 Å². The number of amides is 4. The maximum absolute atomic E-state index is 14.5. The molecule has 3 aliphatic rings. The predicted molar refractivity (Wildman–Crippen MR) is 135 cm³/mol. The van der Waals surface area contributed by atoms with Crippen LogP contribution < -0.4 is 16.0 Å². The predicted octanol–water partition coefficient (Wildman–Crippen LogP) is 1.57. The summed E-state index contributed by atoms with van der Waals surface area (Å²) in [5.74, 6) is -5.25. The quantitative estimate of drug-likeness (QED) is 0.364. The molecule has 0 bridgehead atoms. The third-order valence-corrected chi connectivity index (χ3v) is 8.65. The molecule has 1 aliphatic carbocycles. The van der Waals surface area contributed by atoms with Crippen molar-refractivity contribution in [2.45, 2.75) is 77.2 Å². The first-order chi connectivity index (χ1) is 18.3. The van der Waals surface area contributed by atoms with Gasteiger partial charge in [0, 0.05) is 25.3 Å². The molecule has 2 heterocycles. The number of halogens is 4. The monoisotopic (exact) mass is 596 g/mol. The summed E-state index contributed by atoms with van der Waals surface area (Å²) in [6.45, 7) is 4.91. The number of hydrogen-bond donors (Lipinski definition) is 3. The first-order valence-corrected chi connectivity index (χ1v) is 15.0. The van der Waals surface area contributed by atoms with Crippen LogP contribution in [0.5, 0.6) is 0 Å². The number of nitrogens with one attached hydrogen (secondary N) is 3. The highest BCUT2D eigenvalue weighted by Gasteiger charge is 2.53. The molecule has 226 valence electrons. The van der Waals surface area contributed by atoms with Crippen molar-refractivity contribution in [1.82, 2.24) is 20.9 Å². The molecule has 0 radical (unpaired) electrons. The lowest BCUT2D eigenvalue weighted by atomic mass is 9.85. The van der Waals surface area contributed by atoms with Crippen LogP contribution in [-0.2, 0) is 29.0 Å². The number of alkyl halides is 3. The second-order valence-electron chi connectivity index (χ2n) is 11.9. The largest absolute Gasteiger partial charge is 0.471 e. The summed E-state index contributed by atoms with van der Waals surface area (Å²) in [6.07, 6.45) is -1.55. The first-order valence-electron chi connectivity index (χ1n) is 13.1. The smallest absolute Gasteiger partial charge is 0.356 e. The topological polar surface area (TPSA) is 142 Å². The highest BCUT2D eigenvalue weighted by atomic mass is 32.2. The van der Waals surface area contributed by atoms with Crippen LogP contribution in [0.4, 0.5) is 17.6 Å². The fourth-order valence-electron chi connectivity index (χ4n) is 5.79. The molecule has 15 heteroatoms. The van der Waals surface area contributed by atoms with Gasteiger partial charge in [0.25, 0.3) is 0 Å². The van der Waals surface area contributed by atoms with Crippen LogP contribution in [0.1, 0.15) is 52.9 Å². The van der Waals surface area contributed by atoms with Gasteiger partial charge in [-0.15, -0.1) is 0 Å². The molecule has 0 aromatic rings. The molecule has 0 aromatic heterocycles. The lowest BCUT2D eigenvalue weighted by Crippen LogP contribution is -2.60. The van der Waals surface area contributed by atoms with Crippen LogP contribution in [0.15, 0.2) is 11.2 Å². The summed E-state index contributed by atoms with van der Waals surface area (Å²) in [6, 6.07) is -3.95. The summed E-state index contributed by atoms with van der Waals surface area (Å²) in [7, 11) is -4.24. The lowest BCUT2D eigenvalue weighted by Gasteiger charge is -2.36. The Labute approximate surface area is 230 Å². The summed E-state index contributed by atoms with van der Waals surface area (Å²) in [5.41, 5.74) is -1.14. The Morgan fingerprint density at radius 1 is 1.12 bits per heavy atom.